The first-order chi connectivity index (χ1) is 21.1. The Kier molecular flexibility index (Phi) is 24.3. The Hall–Kier alpha value is -2.45. The number of piperazine rings is 1. The predicted molar refractivity (Wildman–Crippen MR) is 179 cm³/mol. The monoisotopic (exact) mass is 602 g/mol. The molecule has 1 aromatic rings. The van der Waals surface area contributed by atoms with Crippen molar-refractivity contribution in [1.82, 2.24) is 15.1 Å². The quantitative estimate of drug-likeness (QED) is 0.0765. The maximum absolute atomic E-state index is 11.7. The predicted octanol–water partition coefficient (Wildman–Crippen LogP) is 7.46. The van der Waals surface area contributed by atoms with Crippen molar-refractivity contribution in [3.8, 4) is 0 Å². The molecule has 1 saturated carbocycles. The minimum absolute atomic E-state index is 0.145. The van der Waals surface area contributed by atoms with E-state index in [0.29, 0.717) is 12.8 Å². The molecule has 1 N–H and O–H groups in total. The molecule has 8 heteroatoms. The molecule has 246 valence electrons. The molecule has 0 unspecified atom stereocenters. The molecule has 43 heavy (non-hydrogen) atoms. The SMILES string of the molecule is C/C=C\CCCC(=O)NCCCN1CCN(CCCO[N+](=O)[O-])CC1.CC.c1ccc(CCCCCC2CCCC2)cc1. The van der Waals surface area contributed by atoms with Crippen LogP contribution >= 0.6 is 0 Å². The van der Waals surface area contributed by atoms with E-state index in [1.807, 2.05) is 26.8 Å². The topological polar surface area (TPSA) is 88.0 Å². The average Bonchev–Trinajstić information content (AvgIpc) is 3.56. The fourth-order valence-corrected chi connectivity index (χ4v) is 5.71. The van der Waals surface area contributed by atoms with Gasteiger partial charge in [0.15, 0.2) is 0 Å². The number of hydrogen-bond donors (Lipinski definition) is 1. The molecule has 0 atom stereocenters. The summed E-state index contributed by atoms with van der Waals surface area (Å²) in [4.78, 5) is 30.8. The van der Waals surface area contributed by atoms with Gasteiger partial charge in [0.2, 0.25) is 5.91 Å². The summed E-state index contributed by atoms with van der Waals surface area (Å²) in [6, 6.07) is 10.9. The number of hydrogen-bond acceptors (Lipinski definition) is 6. The van der Waals surface area contributed by atoms with Crippen molar-refractivity contribution in [3.05, 3.63) is 58.2 Å². The van der Waals surface area contributed by atoms with Crippen LogP contribution in [0.3, 0.4) is 0 Å². The van der Waals surface area contributed by atoms with E-state index in [0.717, 1.165) is 71.0 Å². The Morgan fingerprint density at radius 2 is 1.60 bits per heavy atom. The third-order valence-corrected chi connectivity index (χ3v) is 8.16. The molecule has 0 radical (unpaired) electrons. The standard InChI is InChI=1S/C17H32N4O4.C16H24.C2H6/c1-2-3-4-5-8-17(22)18-9-6-10-19-12-14-20(15-13-19)11-7-16-25-21(23)24;1-3-9-15(10-4-1)11-5-2-6-12-16-13-7-8-14-16;1-2/h2-3H,4-16H2,1H3,(H,18,22);1,3-4,9-10,16H,2,5-8,11-14H2;1-2H3/b3-2-;;. The van der Waals surface area contributed by atoms with Crippen LogP contribution in [0.5, 0.6) is 0 Å². The van der Waals surface area contributed by atoms with Gasteiger partial charge in [0.05, 0.1) is 6.61 Å². The average molecular weight is 603 g/mol. The van der Waals surface area contributed by atoms with E-state index in [1.165, 1.54) is 63.4 Å². The Labute approximate surface area is 262 Å². The van der Waals surface area contributed by atoms with Gasteiger partial charge in [-0.1, -0.05) is 101 Å². The van der Waals surface area contributed by atoms with Crippen molar-refractivity contribution in [2.24, 2.45) is 5.92 Å². The summed E-state index contributed by atoms with van der Waals surface area (Å²) >= 11 is 0. The Morgan fingerprint density at radius 3 is 2.23 bits per heavy atom. The van der Waals surface area contributed by atoms with Crippen molar-refractivity contribution in [2.45, 2.75) is 111 Å². The van der Waals surface area contributed by atoms with Gasteiger partial charge in [0, 0.05) is 45.7 Å². The summed E-state index contributed by atoms with van der Waals surface area (Å²) in [5.41, 5.74) is 1.50. The number of nitrogens with zero attached hydrogens (tertiary/aromatic N) is 3. The van der Waals surface area contributed by atoms with Crippen LogP contribution in [0.1, 0.15) is 110 Å². The largest absolute Gasteiger partial charge is 0.356 e. The van der Waals surface area contributed by atoms with E-state index < -0.39 is 5.09 Å². The molecular weight excluding hydrogens is 540 g/mol. The van der Waals surface area contributed by atoms with Gasteiger partial charge < -0.3 is 20.0 Å². The number of aryl methyl sites for hydroxylation is 1. The van der Waals surface area contributed by atoms with Crippen LogP contribution in [-0.4, -0.2) is 73.2 Å². The van der Waals surface area contributed by atoms with E-state index in [-0.39, 0.29) is 12.5 Å². The fraction of sp³-hybridized carbons (Fsp3) is 0.743. The lowest BCUT2D eigenvalue weighted by atomic mass is 9.98. The number of carbonyl (C=O) groups is 1. The van der Waals surface area contributed by atoms with Crippen LogP contribution in [0.2, 0.25) is 0 Å². The van der Waals surface area contributed by atoms with Gasteiger partial charge in [-0.15, -0.1) is 10.1 Å². The van der Waals surface area contributed by atoms with E-state index in [1.54, 1.807) is 0 Å². The lowest BCUT2D eigenvalue weighted by Gasteiger charge is -2.34. The van der Waals surface area contributed by atoms with Gasteiger partial charge in [-0.3, -0.25) is 4.79 Å². The second-order valence-electron chi connectivity index (χ2n) is 11.5. The lowest BCUT2D eigenvalue weighted by molar-refractivity contribution is -0.757. The van der Waals surface area contributed by atoms with Gasteiger partial charge in [0.1, 0.15) is 0 Å². The highest BCUT2D eigenvalue weighted by Gasteiger charge is 2.16. The second kappa shape index (κ2) is 27.1. The summed E-state index contributed by atoms with van der Waals surface area (Å²) in [6.07, 6.45) is 21.2. The summed E-state index contributed by atoms with van der Waals surface area (Å²) in [6.45, 7) is 12.7. The number of rotatable bonds is 19. The first-order valence-electron chi connectivity index (χ1n) is 17.2. The molecule has 0 spiro atoms. The Balaban J connectivity index is 0.000000439. The fourth-order valence-electron chi connectivity index (χ4n) is 5.71. The van der Waals surface area contributed by atoms with Crippen molar-refractivity contribution >= 4 is 5.91 Å². The normalized spacial score (nSPS) is 15.8. The highest BCUT2D eigenvalue weighted by molar-refractivity contribution is 5.75. The minimum atomic E-state index is -0.737. The summed E-state index contributed by atoms with van der Waals surface area (Å²) in [7, 11) is 0. The van der Waals surface area contributed by atoms with E-state index in [4.69, 9.17) is 0 Å². The Morgan fingerprint density at radius 1 is 0.953 bits per heavy atom. The molecule has 3 rings (SSSR count). The number of allylic oxidation sites excluding steroid dienone is 2. The summed E-state index contributed by atoms with van der Waals surface area (Å²) < 4.78 is 0. The minimum Gasteiger partial charge on any atom is -0.356 e. The zero-order chi connectivity index (χ0) is 31.4. The molecule has 1 heterocycles. The maximum atomic E-state index is 11.7. The molecule has 1 saturated heterocycles. The van der Waals surface area contributed by atoms with E-state index in [2.05, 4.69) is 56.4 Å². The van der Waals surface area contributed by atoms with Gasteiger partial charge in [-0.05, 0) is 63.5 Å². The molecule has 8 nitrogen and oxygen atoms in total. The smallest absolute Gasteiger partial charge is 0.294 e. The second-order valence-corrected chi connectivity index (χ2v) is 11.5. The number of amides is 1. The van der Waals surface area contributed by atoms with Crippen molar-refractivity contribution in [3.63, 3.8) is 0 Å². The number of carbonyl (C=O) groups excluding carboxylic acids is 1. The molecule has 1 aliphatic heterocycles. The van der Waals surface area contributed by atoms with Gasteiger partial charge >= 0.3 is 0 Å². The molecule has 1 aromatic carbocycles. The molecule has 1 amide bonds. The van der Waals surface area contributed by atoms with Crippen LogP contribution in [-0.2, 0) is 16.1 Å². The van der Waals surface area contributed by atoms with Gasteiger partial charge in [0.25, 0.3) is 5.09 Å². The van der Waals surface area contributed by atoms with Crippen LogP contribution in [0.15, 0.2) is 42.5 Å². The van der Waals surface area contributed by atoms with Crippen LogP contribution in [0.25, 0.3) is 0 Å². The van der Waals surface area contributed by atoms with E-state index >= 15 is 0 Å². The van der Waals surface area contributed by atoms with Gasteiger partial charge in [-0.2, -0.15) is 0 Å². The highest BCUT2D eigenvalue weighted by atomic mass is 16.9. The molecule has 2 fully saturated rings. The lowest BCUT2D eigenvalue weighted by Crippen LogP contribution is -2.47. The van der Waals surface area contributed by atoms with Crippen molar-refractivity contribution in [2.75, 3.05) is 52.4 Å². The molecule has 0 bridgehead atoms. The number of unbranched alkanes of at least 4 members (excludes halogenated alkanes) is 3. The maximum Gasteiger partial charge on any atom is 0.294 e. The van der Waals surface area contributed by atoms with E-state index in [9.17, 15) is 14.9 Å². The first kappa shape index (κ1) is 38.6. The molecule has 2 aliphatic rings. The third kappa shape index (κ3) is 21.8. The van der Waals surface area contributed by atoms with Crippen LogP contribution in [0.4, 0.5) is 0 Å². The molecular formula is C35H62N4O4. The third-order valence-electron chi connectivity index (χ3n) is 8.16. The zero-order valence-electron chi connectivity index (χ0n) is 27.6. The van der Waals surface area contributed by atoms with Crippen molar-refractivity contribution in [1.29, 1.82) is 0 Å². The zero-order valence-corrected chi connectivity index (χ0v) is 27.6. The summed E-state index contributed by atoms with van der Waals surface area (Å²) in [5, 5.41) is 12.3. The molecule has 1 aliphatic carbocycles. The number of nitrogens with one attached hydrogen (secondary N) is 1. The first-order valence-corrected chi connectivity index (χ1v) is 17.2. The molecule has 0 aromatic heterocycles. The van der Waals surface area contributed by atoms with Crippen LogP contribution < -0.4 is 5.32 Å². The number of benzene rings is 1. The Bertz CT molecular complexity index is 822. The van der Waals surface area contributed by atoms with Gasteiger partial charge in [-0.25, -0.2) is 0 Å². The highest BCUT2D eigenvalue weighted by Crippen LogP contribution is 2.29. The van der Waals surface area contributed by atoms with Crippen LogP contribution in [0, 0.1) is 16.0 Å². The van der Waals surface area contributed by atoms with Crippen molar-refractivity contribution < 1.29 is 14.7 Å². The summed E-state index contributed by atoms with van der Waals surface area (Å²) in [5.74, 6) is 1.22.